The van der Waals surface area contributed by atoms with Crippen LogP contribution in [0.25, 0.3) is 21.8 Å². The summed E-state index contributed by atoms with van der Waals surface area (Å²) in [6.45, 7) is 1.89. The molecule has 126 valence electrons. The second-order valence-electron chi connectivity index (χ2n) is 5.77. The summed E-state index contributed by atoms with van der Waals surface area (Å²) in [4.78, 5) is 4.33. The Morgan fingerprint density at radius 1 is 1.00 bits per heavy atom. The molecule has 2 heterocycles. The molecular formula is C18H12BrFN2O2S. The number of pyridine rings is 1. The van der Waals surface area contributed by atoms with Crippen LogP contribution in [0.4, 0.5) is 4.39 Å². The Morgan fingerprint density at radius 3 is 2.44 bits per heavy atom. The number of halogens is 2. The number of aromatic nitrogens is 2. The zero-order valence-corrected chi connectivity index (χ0v) is 15.5. The maximum atomic E-state index is 13.7. The number of nitrogens with zero attached hydrogens (tertiary/aromatic N) is 2. The third kappa shape index (κ3) is 2.54. The van der Waals surface area contributed by atoms with Crippen LogP contribution in [-0.2, 0) is 10.0 Å². The Labute approximate surface area is 152 Å². The van der Waals surface area contributed by atoms with Gasteiger partial charge in [-0.05, 0) is 59.3 Å². The van der Waals surface area contributed by atoms with Gasteiger partial charge in [0, 0.05) is 17.0 Å². The smallest absolute Gasteiger partial charge is 0.249 e. The lowest BCUT2D eigenvalue weighted by molar-refractivity contribution is 0.590. The fourth-order valence-electron chi connectivity index (χ4n) is 2.90. The second kappa shape index (κ2) is 5.64. The van der Waals surface area contributed by atoms with E-state index in [-0.39, 0.29) is 4.90 Å². The van der Waals surface area contributed by atoms with Crippen molar-refractivity contribution in [1.29, 1.82) is 0 Å². The molecule has 0 bridgehead atoms. The van der Waals surface area contributed by atoms with Gasteiger partial charge in [0.15, 0.2) is 0 Å². The van der Waals surface area contributed by atoms with Crippen molar-refractivity contribution < 1.29 is 12.8 Å². The van der Waals surface area contributed by atoms with Gasteiger partial charge in [-0.15, -0.1) is 0 Å². The van der Waals surface area contributed by atoms with E-state index in [0.717, 1.165) is 5.56 Å². The SMILES string of the molecule is Cc1ccc(S(=O)(=O)n2c3ccc(F)cc3c3cnc(Br)cc32)cc1. The monoisotopic (exact) mass is 418 g/mol. The predicted molar refractivity (Wildman–Crippen MR) is 98.7 cm³/mol. The predicted octanol–water partition coefficient (Wildman–Crippen LogP) is 4.64. The van der Waals surface area contributed by atoms with Crippen molar-refractivity contribution in [3.05, 3.63) is 70.7 Å². The van der Waals surface area contributed by atoms with Crippen molar-refractivity contribution in [3.63, 3.8) is 0 Å². The molecule has 4 aromatic rings. The first kappa shape index (κ1) is 16.2. The van der Waals surface area contributed by atoms with Crippen LogP contribution in [0.3, 0.4) is 0 Å². The van der Waals surface area contributed by atoms with Gasteiger partial charge in [-0.3, -0.25) is 0 Å². The van der Waals surface area contributed by atoms with Gasteiger partial charge in [0.25, 0.3) is 10.0 Å². The molecule has 0 aliphatic carbocycles. The molecule has 7 heteroatoms. The summed E-state index contributed by atoms with van der Waals surface area (Å²) in [5.41, 5.74) is 1.83. The lowest BCUT2D eigenvalue weighted by Gasteiger charge is -2.09. The normalized spacial score (nSPS) is 12.1. The summed E-state index contributed by atoms with van der Waals surface area (Å²) in [6.07, 6.45) is 1.54. The number of rotatable bonds is 2. The number of aryl methyl sites for hydroxylation is 1. The molecule has 2 aromatic carbocycles. The molecular weight excluding hydrogens is 407 g/mol. The second-order valence-corrected chi connectivity index (χ2v) is 8.37. The average Bonchev–Trinajstić information content (AvgIpc) is 2.88. The van der Waals surface area contributed by atoms with Crippen molar-refractivity contribution in [2.75, 3.05) is 0 Å². The van der Waals surface area contributed by atoms with Crippen molar-refractivity contribution >= 4 is 47.8 Å². The van der Waals surface area contributed by atoms with E-state index in [2.05, 4.69) is 20.9 Å². The zero-order chi connectivity index (χ0) is 17.8. The van der Waals surface area contributed by atoms with Crippen LogP contribution in [-0.4, -0.2) is 17.4 Å². The molecule has 0 atom stereocenters. The maximum absolute atomic E-state index is 13.7. The summed E-state index contributed by atoms with van der Waals surface area (Å²) in [7, 11) is -3.85. The van der Waals surface area contributed by atoms with Crippen LogP contribution >= 0.6 is 15.9 Å². The summed E-state index contributed by atoms with van der Waals surface area (Å²) in [5, 5.41) is 1.08. The molecule has 0 saturated heterocycles. The van der Waals surface area contributed by atoms with Gasteiger partial charge >= 0.3 is 0 Å². The van der Waals surface area contributed by atoms with Gasteiger partial charge in [-0.25, -0.2) is 21.8 Å². The summed E-state index contributed by atoms with van der Waals surface area (Å²) < 4.78 is 42.0. The quantitative estimate of drug-likeness (QED) is 0.445. The Morgan fingerprint density at radius 2 is 1.72 bits per heavy atom. The molecule has 0 radical (unpaired) electrons. The first-order valence-electron chi connectivity index (χ1n) is 7.45. The van der Waals surface area contributed by atoms with E-state index in [4.69, 9.17) is 0 Å². The largest absolute Gasteiger partial charge is 0.268 e. The minimum Gasteiger partial charge on any atom is -0.249 e. The van der Waals surface area contributed by atoms with Gasteiger partial charge in [-0.2, -0.15) is 0 Å². The van der Waals surface area contributed by atoms with Crippen LogP contribution in [0.2, 0.25) is 0 Å². The van der Waals surface area contributed by atoms with Crippen molar-refractivity contribution in [2.45, 2.75) is 11.8 Å². The molecule has 0 N–H and O–H groups in total. The first-order valence-corrected chi connectivity index (χ1v) is 9.69. The summed E-state index contributed by atoms with van der Waals surface area (Å²) in [6, 6.07) is 12.3. The number of fused-ring (bicyclic) bond motifs is 3. The van der Waals surface area contributed by atoms with E-state index >= 15 is 0 Å². The third-order valence-corrected chi connectivity index (χ3v) is 6.27. The standard InChI is InChI=1S/C18H12BrFN2O2S/c1-11-2-5-13(6-3-11)25(23,24)22-16-7-4-12(20)8-14(16)15-10-21-18(19)9-17(15)22/h2-10H,1H3. The van der Waals surface area contributed by atoms with Crippen molar-refractivity contribution in [2.24, 2.45) is 0 Å². The van der Waals surface area contributed by atoms with E-state index in [1.54, 1.807) is 36.5 Å². The minimum absolute atomic E-state index is 0.175. The van der Waals surface area contributed by atoms with Crippen LogP contribution in [0, 0.1) is 12.7 Å². The third-order valence-electron chi connectivity index (χ3n) is 4.09. The molecule has 0 spiro atoms. The van der Waals surface area contributed by atoms with Gasteiger partial charge < -0.3 is 0 Å². The minimum atomic E-state index is -3.85. The van der Waals surface area contributed by atoms with E-state index in [1.165, 1.54) is 22.2 Å². The Balaban J connectivity index is 2.15. The van der Waals surface area contributed by atoms with Crippen LogP contribution < -0.4 is 0 Å². The van der Waals surface area contributed by atoms with E-state index in [9.17, 15) is 12.8 Å². The van der Waals surface area contributed by atoms with Gasteiger partial charge in [-0.1, -0.05) is 17.7 Å². The molecule has 0 saturated carbocycles. The highest BCUT2D eigenvalue weighted by atomic mass is 79.9. The molecule has 0 amide bonds. The molecule has 0 aliphatic rings. The highest BCUT2D eigenvalue weighted by Crippen LogP contribution is 2.33. The lowest BCUT2D eigenvalue weighted by Crippen LogP contribution is -2.12. The zero-order valence-electron chi connectivity index (χ0n) is 13.1. The Bertz CT molecular complexity index is 1230. The van der Waals surface area contributed by atoms with E-state index in [0.29, 0.717) is 26.4 Å². The molecule has 0 aliphatic heterocycles. The molecule has 4 rings (SSSR count). The van der Waals surface area contributed by atoms with Gasteiger partial charge in [0.05, 0.1) is 15.9 Å². The molecule has 0 fully saturated rings. The molecule has 2 aromatic heterocycles. The topological polar surface area (TPSA) is 52.0 Å². The number of hydrogen-bond acceptors (Lipinski definition) is 3. The Kier molecular flexibility index (Phi) is 3.66. The average molecular weight is 419 g/mol. The number of hydrogen-bond donors (Lipinski definition) is 0. The highest BCUT2D eigenvalue weighted by Gasteiger charge is 2.23. The fourth-order valence-corrected chi connectivity index (χ4v) is 4.74. The van der Waals surface area contributed by atoms with Gasteiger partial charge in [0.1, 0.15) is 10.4 Å². The maximum Gasteiger partial charge on any atom is 0.268 e. The van der Waals surface area contributed by atoms with E-state index < -0.39 is 15.8 Å². The van der Waals surface area contributed by atoms with Crippen molar-refractivity contribution in [3.8, 4) is 0 Å². The highest BCUT2D eigenvalue weighted by molar-refractivity contribution is 9.10. The summed E-state index contributed by atoms with van der Waals surface area (Å²) in [5.74, 6) is -0.429. The summed E-state index contributed by atoms with van der Waals surface area (Å²) >= 11 is 3.28. The molecule has 0 unspecified atom stereocenters. The van der Waals surface area contributed by atoms with E-state index in [1.807, 2.05) is 6.92 Å². The van der Waals surface area contributed by atoms with Gasteiger partial charge in [0.2, 0.25) is 0 Å². The van der Waals surface area contributed by atoms with Crippen LogP contribution in [0.1, 0.15) is 5.56 Å². The first-order chi connectivity index (χ1) is 11.9. The van der Waals surface area contributed by atoms with Crippen molar-refractivity contribution in [1.82, 2.24) is 8.96 Å². The lowest BCUT2D eigenvalue weighted by atomic mass is 10.2. The van der Waals surface area contributed by atoms with Crippen LogP contribution in [0.15, 0.2) is 64.2 Å². The molecule has 4 nitrogen and oxygen atoms in total. The van der Waals surface area contributed by atoms with Crippen LogP contribution in [0.5, 0.6) is 0 Å². The fraction of sp³-hybridized carbons (Fsp3) is 0.0556. The molecule has 25 heavy (non-hydrogen) atoms. The Hall–Kier alpha value is -2.25. The number of benzene rings is 2.